The molecule has 0 unspecified atom stereocenters. The van der Waals surface area contributed by atoms with Crippen LogP contribution in [0.1, 0.15) is 11.1 Å². The van der Waals surface area contributed by atoms with Crippen molar-refractivity contribution < 1.29 is 0 Å². The van der Waals surface area contributed by atoms with Crippen LogP contribution >= 0.6 is 23.2 Å². The highest BCUT2D eigenvalue weighted by atomic mass is 35.5. The molecule has 1 heterocycles. The monoisotopic (exact) mass is 392 g/mol. The van der Waals surface area contributed by atoms with Crippen LogP contribution < -0.4 is 0 Å². The maximum absolute atomic E-state index is 6.51. The summed E-state index contributed by atoms with van der Waals surface area (Å²) < 4.78 is 0. The lowest BCUT2D eigenvalue weighted by Gasteiger charge is -2.06. The summed E-state index contributed by atoms with van der Waals surface area (Å²) in [5.41, 5.74) is 7.11. The highest BCUT2D eigenvalue weighted by Crippen LogP contribution is 2.39. The lowest BCUT2D eigenvalue weighted by molar-refractivity contribution is 1.28. The van der Waals surface area contributed by atoms with Gasteiger partial charge in [0.1, 0.15) is 5.82 Å². The first-order valence-electron chi connectivity index (χ1n) is 8.72. The Bertz CT molecular complexity index is 1110. The van der Waals surface area contributed by atoms with E-state index in [0.29, 0.717) is 10.0 Å². The summed E-state index contributed by atoms with van der Waals surface area (Å²) in [7, 11) is 0. The Morgan fingerprint density at radius 2 is 1.56 bits per heavy atom. The van der Waals surface area contributed by atoms with Gasteiger partial charge in [-0.2, -0.15) is 0 Å². The number of aryl methyl sites for hydroxylation is 2. The Kier molecular flexibility index (Phi) is 4.77. The molecule has 0 bridgehead atoms. The molecular formula is C23H18Cl2N2. The zero-order chi connectivity index (χ0) is 19.0. The summed E-state index contributed by atoms with van der Waals surface area (Å²) >= 11 is 12.8. The van der Waals surface area contributed by atoms with Gasteiger partial charge in [0, 0.05) is 16.7 Å². The van der Waals surface area contributed by atoms with Crippen molar-refractivity contribution >= 4 is 23.2 Å². The molecule has 0 saturated heterocycles. The molecule has 0 radical (unpaired) electrons. The van der Waals surface area contributed by atoms with E-state index in [9.17, 15) is 0 Å². The van der Waals surface area contributed by atoms with E-state index in [1.165, 1.54) is 11.1 Å². The second kappa shape index (κ2) is 7.22. The van der Waals surface area contributed by atoms with Crippen molar-refractivity contribution in [3.63, 3.8) is 0 Å². The predicted octanol–water partition coefficient (Wildman–Crippen LogP) is 7.33. The van der Waals surface area contributed by atoms with Crippen molar-refractivity contribution in [2.45, 2.75) is 13.8 Å². The standard InChI is InChI=1S/C23H18Cl2N2/c1-14-11-12-17(13-15(14)2)23-26-21(16-7-4-3-5-8-16)22(27-23)18-9-6-10-19(24)20(18)25/h3-13H,1-2H3,(H,26,27). The average Bonchev–Trinajstić information content (AvgIpc) is 3.12. The van der Waals surface area contributed by atoms with Crippen molar-refractivity contribution in [1.82, 2.24) is 9.97 Å². The van der Waals surface area contributed by atoms with Crippen molar-refractivity contribution in [2.75, 3.05) is 0 Å². The van der Waals surface area contributed by atoms with Gasteiger partial charge in [-0.05, 0) is 37.1 Å². The third-order valence-electron chi connectivity index (χ3n) is 4.75. The molecule has 0 spiro atoms. The number of aromatic nitrogens is 2. The summed E-state index contributed by atoms with van der Waals surface area (Å²) in [6.45, 7) is 4.21. The predicted molar refractivity (Wildman–Crippen MR) is 114 cm³/mol. The van der Waals surface area contributed by atoms with Crippen LogP contribution in [0.5, 0.6) is 0 Å². The molecule has 0 saturated carbocycles. The van der Waals surface area contributed by atoms with Crippen LogP contribution in [0.15, 0.2) is 66.7 Å². The maximum atomic E-state index is 6.51. The number of hydrogen-bond donors (Lipinski definition) is 1. The molecule has 27 heavy (non-hydrogen) atoms. The maximum Gasteiger partial charge on any atom is 0.138 e. The number of rotatable bonds is 3. The Morgan fingerprint density at radius 3 is 2.30 bits per heavy atom. The van der Waals surface area contributed by atoms with Crippen molar-refractivity contribution in [3.8, 4) is 33.9 Å². The Morgan fingerprint density at radius 1 is 0.778 bits per heavy atom. The SMILES string of the molecule is Cc1ccc(-c2nc(-c3ccccc3)c(-c3cccc(Cl)c3Cl)[nH]2)cc1C. The molecule has 3 aromatic carbocycles. The third-order valence-corrected chi connectivity index (χ3v) is 5.57. The van der Waals surface area contributed by atoms with Crippen LogP contribution in [0, 0.1) is 13.8 Å². The van der Waals surface area contributed by atoms with Crippen molar-refractivity contribution in [3.05, 3.63) is 87.9 Å². The first-order chi connectivity index (χ1) is 13.0. The molecule has 0 aliphatic carbocycles. The van der Waals surface area contributed by atoms with Crippen LogP contribution in [0.3, 0.4) is 0 Å². The number of nitrogens with zero attached hydrogens (tertiary/aromatic N) is 1. The zero-order valence-electron chi connectivity index (χ0n) is 15.1. The van der Waals surface area contributed by atoms with E-state index in [1.54, 1.807) is 6.07 Å². The van der Waals surface area contributed by atoms with E-state index >= 15 is 0 Å². The molecular weight excluding hydrogens is 375 g/mol. The molecule has 0 amide bonds. The molecule has 2 nitrogen and oxygen atoms in total. The Hall–Kier alpha value is -2.55. The van der Waals surface area contributed by atoms with E-state index in [4.69, 9.17) is 28.2 Å². The fraction of sp³-hybridized carbons (Fsp3) is 0.0870. The molecule has 1 N–H and O–H groups in total. The number of benzene rings is 3. The minimum atomic E-state index is 0.520. The second-order valence-corrected chi connectivity index (χ2v) is 7.36. The van der Waals surface area contributed by atoms with Gasteiger partial charge in [-0.15, -0.1) is 0 Å². The lowest BCUT2D eigenvalue weighted by Crippen LogP contribution is -1.86. The summed E-state index contributed by atoms with van der Waals surface area (Å²) in [4.78, 5) is 8.38. The van der Waals surface area contributed by atoms with Crippen LogP contribution in [-0.4, -0.2) is 9.97 Å². The van der Waals surface area contributed by atoms with Gasteiger partial charge >= 0.3 is 0 Å². The molecule has 1 aromatic heterocycles. The van der Waals surface area contributed by atoms with Crippen LogP contribution in [0.2, 0.25) is 10.0 Å². The van der Waals surface area contributed by atoms with Gasteiger partial charge in [-0.1, -0.05) is 77.8 Å². The van der Waals surface area contributed by atoms with Crippen LogP contribution in [0.25, 0.3) is 33.9 Å². The number of hydrogen-bond acceptors (Lipinski definition) is 1. The molecule has 4 rings (SSSR count). The van der Waals surface area contributed by atoms with E-state index in [0.717, 1.165) is 33.9 Å². The molecule has 4 aromatic rings. The van der Waals surface area contributed by atoms with Gasteiger partial charge < -0.3 is 4.98 Å². The highest BCUT2D eigenvalue weighted by molar-refractivity contribution is 6.43. The molecule has 134 valence electrons. The van der Waals surface area contributed by atoms with Gasteiger partial charge in [0.25, 0.3) is 0 Å². The van der Waals surface area contributed by atoms with E-state index in [2.05, 4.69) is 37.0 Å². The van der Waals surface area contributed by atoms with Gasteiger partial charge in [-0.3, -0.25) is 0 Å². The summed E-state index contributed by atoms with van der Waals surface area (Å²) in [6, 6.07) is 22.1. The number of nitrogens with one attached hydrogen (secondary N) is 1. The van der Waals surface area contributed by atoms with Crippen LogP contribution in [-0.2, 0) is 0 Å². The second-order valence-electron chi connectivity index (χ2n) is 6.58. The summed E-state index contributed by atoms with van der Waals surface area (Å²) in [5, 5.41) is 1.04. The molecule has 4 heteroatoms. The highest BCUT2D eigenvalue weighted by Gasteiger charge is 2.18. The molecule has 0 aliphatic heterocycles. The minimum Gasteiger partial charge on any atom is -0.337 e. The first-order valence-corrected chi connectivity index (χ1v) is 9.47. The van der Waals surface area contributed by atoms with Gasteiger partial charge in [0.15, 0.2) is 0 Å². The third kappa shape index (κ3) is 3.39. The van der Waals surface area contributed by atoms with Gasteiger partial charge in [-0.25, -0.2) is 4.98 Å². The molecule has 0 atom stereocenters. The van der Waals surface area contributed by atoms with Gasteiger partial charge in [0.2, 0.25) is 0 Å². The molecule has 0 fully saturated rings. The topological polar surface area (TPSA) is 28.7 Å². The van der Waals surface area contributed by atoms with Crippen LogP contribution in [0.4, 0.5) is 0 Å². The minimum absolute atomic E-state index is 0.520. The smallest absolute Gasteiger partial charge is 0.138 e. The number of imidazole rings is 1. The lowest BCUT2D eigenvalue weighted by atomic mass is 10.1. The van der Waals surface area contributed by atoms with Crippen molar-refractivity contribution in [1.29, 1.82) is 0 Å². The number of halogens is 2. The average molecular weight is 393 g/mol. The summed E-state index contributed by atoms with van der Waals surface area (Å²) in [6.07, 6.45) is 0. The van der Waals surface area contributed by atoms with Crippen molar-refractivity contribution in [2.24, 2.45) is 0 Å². The zero-order valence-corrected chi connectivity index (χ0v) is 16.6. The van der Waals surface area contributed by atoms with E-state index < -0.39 is 0 Å². The fourth-order valence-corrected chi connectivity index (χ4v) is 3.49. The number of aromatic amines is 1. The van der Waals surface area contributed by atoms with Gasteiger partial charge in [0.05, 0.1) is 21.4 Å². The number of H-pyrrole nitrogens is 1. The Balaban J connectivity index is 1.95. The largest absolute Gasteiger partial charge is 0.337 e. The molecule has 0 aliphatic rings. The fourth-order valence-electron chi connectivity index (χ4n) is 3.10. The summed E-state index contributed by atoms with van der Waals surface area (Å²) in [5.74, 6) is 0.808. The van der Waals surface area contributed by atoms with E-state index in [1.807, 2.05) is 42.5 Å². The Labute approximate surface area is 168 Å². The quantitative estimate of drug-likeness (QED) is 0.388. The normalized spacial score (nSPS) is 11.0. The first kappa shape index (κ1) is 17.8. The van der Waals surface area contributed by atoms with E-state index in [-0.39, 0.29) is 0 Å².